The van der Waals surface area contributed by atoms with Crippen molar-refractivity contribution in [3.8, 4) is 0 Å². The molecular formula is C14H22N4O2. The Bertz CT molecular complexity index is 466. The van der Waals surface area contributed by atoms with Crippen molar-refractivity contribution in [1.82, 2.24) is 14.9 Å². The normalized spacial score (nSPS) is 21.6. The van der Waals surface area contributed by atoms with Gasteiger partial charge in [0, 0.05) is 23.5 Å². The highest BCUT2D eigenvalue weighted by Gasteiger charge is 2.34. The molecule has 1 aliphatic rings. The maximum Gasteiger partial charge on any atom is 0.317 e. The van der Waals surface area contributed by atoms with E-state index in [1.807, 2.05) is 31.7 Å². The SMILES string of the molecule is CCN(CC(=O)O)C1CC(Nc2nc(C)cc(C)n2)C1. The third kappa shape index (κ3) is 3.66. The second-order valence-electron chi connectivity index (χ2n) is 5.40. The van der Waals surface area contributed by atoms with Gasteiger partial charge in [-0.2, -0.15) is 0 Å². The van der Waals surface area contributed by atoms with Crippen LogP contribution in [0.3, 0.4) is 0 Å². The molecule has 0 aromatic carbocycles. The number of rotatable bonds is 6. The molecule has 0 atom stereocenters. The Morgan fingerprint density at radius 3 is 2.50 bits per heavy atom. The van der Waals surface area contributed by atoms with Crippen molar-refractivity contribution in [3.05, 3.63) is 17.5 Å². The number of aliphatic carboxylic acids is 1. The average molecular weight is 278 g/mol. The molecule has 1 saturated carbocycles. The van der Waals surface area contributed by atoms with E-state index in [0.29, 0.717) is 18.0 Å². The zero-order valence-corrected chi connectivity index (χ0v) is 12.3. The van der Waals surface area contributed by atoms with Crippen LogP contribution in [0, 0.1) is 13.8 Å². The van der Waals surface area contributed by atoms with Crippen LogP contribution < -0.4 is 5.32 Å². The minimum atomic E-state index is -0.763. The number of hydrogen-bond donors (Lipinski definition) is 2. The zero-order chi connectivity index (χ0) is 14.7. The van der Waals surface area contributed by atoms with Crippen LogP contribution in [0.2, 0.25) is 0 Å². The van der Waals surface area contributed by atoms with Crippen molar-refractivity contribution >= 4 is 11.9 Å². The number of nitrogens with zero attached hydrogens (tertiary/aromatic N) is 3. The smallest absolute Gasteiger partial charge is 0.317 e. The monoisotopic (exact) mass is 278 g/mol. The number of hydrogen-bond acceptors (Lipinski definition) is 5. The van der Waals surface area contributed by atoms with E-state index in [0.717, 1.165) is 30.8 Å². The number of nitrogens with one attached hydrogen (secondary N) is 1. The average Bonchev–Trinajstić information content (AvgIpc) is 2.29. The summed E-state index contributed by atoms with van der Waals surface area (Å²) in [5.41, 5.74) is 1.91. The summed E-state index contributed by atoms with van der Waals surface area (Å²) in [5.74, 6) is -0.0897. The summed E-state index contributed by atoms with van der Waals surface area (Å²) in [5, 5.41) is 12.2. The summed E-state index contributed by atoms with van der Waals surface area (Å²) >= 11 is 0. The molecule has 1 fully saturated rings. The van der Waals surface area contributed by atoms with Crippen LogP contribution >= 0.6 is 0 Å². The highest BCUT2D eigenvalue weighted by Crippen LogP contribution is 2.27. The fourth-order valence-electron chi connectivity index (χ4n) is 2.65. The van der Waals surface area contributed by atoms with Crippen molar-refractivity contribution in [2.45, 2.75) is 45.7 Å². The second-order valence-corrected chi connectivity index (χ2v) is 5.40. The molecule has 1 aliphatic carbocycles. The molecule has 6 heteroatoms. The molecule has 0 amide bonds. The zero-order valence-electron chi connectivity index (χ0n) is 12.3. The predicted octanol–water partition coefficient (Wildman–Crippen LogP) is 1.44. The standard InChI is InChI=1S/C14H22N4O2/c1-4-18(8-13(19)20)12-6-11(7-12)17-14-15-9(2)5-10(3)16-14/h5,11-12H,4,6-8H2,1-3H3,(H,19,20)(H,15,16,17). The largest absolute Gasteiger partial charge is 0.480 e. The van der Waals surface area contributed by atoms with Gasteiger partial charge in [0.25, 0.3) is 0 Å². The van der Waals surface area contributed by atoms with E-state index in [4.69, 9.17) is 5.11 Å². The number of carboxylic acids is 1. The van der Waals surface area contributed by atoms with Crippen molar-refractivity contribution < 1.29 is 9.90 Å². The number of anilines is 1. The van der Waals surface area contributed by atoms with Gasteiger partial charge >= 0.3 is 5.97 Å². The minimum absolute atomic E-state index is 0.119. The summed E-state index contributed by atoms with van der Waals surface area (Å²) < 4.78 is 0. The Morgan fingerprint density at radius 1 is 1.40 bits per heavy atom. The second kappa shape index (κ2) is 6.17. The van der Waals surface area contributed by atoms with Gasteiger partial charge in [0.15, 0.2) is 0 Å². The fraction of sp³-hybridized carbons (Fsp3) is 0.643. The number of carbonyl (C=O) groups is 1. The number of likely N-dealkylation sites (N-methyl/N-ethyl adjacent to an activating group) is 1. The lowest BCUT2D eigenvalue weighted by molar-refractivity contribution is -0.139. The van der Waals surface area contributed by atoms with Crippen molar-refractivity contribution in [1.29, 1.82) is 0 Å². The van der Waals surface area contributed by atoms with Gasteiger partial charge in [0.2, 0.25) is 5.95 Å². The molecule has 2 rings (SSSR count). The molecule has 2 N–H and O–H groups in total. The Morgan fingerprint density at radius 2 is 2.00 bits per heavy atom. The van der Waals surface area contributed by atoms with Crippen LogP contribution in [0.5, 0.6) is 0 Å². The summed E-state index contributed by atoms with van der Waals surface area (Å²) in [6.07, 6.45) is 1.88. The first-order valence-corrected chi connectivity index (χ1v) is 7.02. The molecule has 20 heavy (non-hydrogen) atoms. The predicted molar refractivity (Wildman–Crippen MR) is 76.8 cm³/mol. The lowest BCUT2D eigenvalue weighted by Crippen LogP contribution is -2.51. The van der Waals surface area contributed by atoms with Crippen LogP contribution in [0.1, 0.15) is 31.2 Å². The van der Waals surface area contributed by atoms with Gasteiger partial charge in [-0.1, -0.05) is 6.92 Å². The van der Waals surface area contributed by atoms with Crippen LogP contribution in [0.4, 0.5) is 5.95 Å². The number of aromatic nitrogens is 2. The molecule has 0 radical (unpaired) electrons. The molecule has 1 aromatic heterocycles. The molecule has 0 bridgehead atoms. The van der Waals surface area contributed by atoms with Crippen LogP contribution in [0.25, 0.3) is 0 Å². The summed E-state index contributed by atoms with van der Waals surface area (Å²) in [4.78, 5) is 21.5. The Balaban J connectivity index is 1.85. The molecule has 0 unspecified atom stereocenters. The van der Waals surface area contributed by atoms with Crippen LogP contribution in [-0.4, -0.2) is 51.1 Å². The Hall–Kier alpha value is -1.69. The highest BCUT2D eigenvalue weighted by atomic mass is 16.4. The van der Waals surface area contributed by atoms with Gasteiger partial charge in [0.05, 0.1) is 6.54 Å². The number of aryl methyl sites for hydroxylation is 2. The van der Waals surface area contributed by atoms with Gasteiger partial charge in [-0.15, -0.1) is 0 Å². The lowest BCUT2D eigenvalue weighted by Gasteiger charge is -2.42. The van der Waals surface area contributed by atoms with Gasteiger partial charge < -0.3 is 10.4 Å². The first-order chi connectivity index (χ1) is 9.47. The van der Waals surface area contributed by atoms with E-state index in [-0.39, 0.29) is 6.54 Å². The van der Waals surface area contributed by atoms with Crippen molar-refractivity contribution in [2.24, 2.45) is 0 Å². The van der Waals surface area contributed by atoms with E-state index < -0.39 is 5.97 Å². The van der Waals surface area contributed by atoms with Gasteiger partial charge in [-0.3, -0.25) is 9.69 Å². The molecule has 6 nitrogen and oxygen atoms in total. The van der Waals surface area contributed by atoms with E-state index in [1.54, 1.807) is 0 Å². The van der Waals surface area contributed by atoms with E-state index >= 15 is 0 Å². The van der Waals surface area contributed by atoms with Crippen molar-refractivity contribution in [2.75, 3.05) is 18.4 Å². The van der Waals surface area contributed by atoms with Gasteiger partial charge in [0.1, 0.15) is 0 Å². The number of carboxylic acid groups (broad SMARTS) is 1. The van der Waals surface area contributed by atoms with E-state index in [9.17, 15) is 4.79 Å². The topological polar surface area (TPSA) is 78.4 Å². The van der Waals surface area contributed by atoms with E-state index in [1.165, 1.54) is 0 Å². The van der Waals surface area contributed by atoms with Crippen molar-refractivity contribution in [3.63, 3.8) is 0 Å². The molecular weight excluding hydrogens is 256 g/mol. The van der Waals surface area contributed by atoms with Gasteiger partial charge in [-0.05, 0) is 39.3 Å². The molecule has 1 aromatic rings. The first-order valence-electron chi connectivity index (χ1n) is 7.02. The van der Waals surface area contributed by atoms with Crippen LogP contribution in [0.15, 0.2) is 6.07 Å². The molecule has 0 saturated heterocycles. The van der Waals surface area contributed by atoms with Gasteiger partial charge in [-0.25, -0.2) is 9.97 Å². The quantitative estimate of drug-likeness (QED) is 0.820. The lowest BCUT2D eigenvalue weighted by atomic mass is 9.85. The minimum Gasteiger partial charge on any atom is -0.480 e. The van der Waals surface area contributed by atoms with E-state index in [2.05, 4.69) is 15.3 Å². The molecule has 0 aliphatic heterocycles. The Kier molecular flexibility index (Phi) is 4.54. The molecule has 110 valence electrons. The summed E-state index contributed by atoms with van der Waals surface area (Å²) in [6, 6.07) is 2.63. The third-order valence-corrected chi connectivity index (χ3v) is 3.69. The summed E-state index contributed by atoms with van der Waals surface area (Å²) in [7, 11) is 0. The highest BCUT2D eigenvalue weighted by molar-refractivity contribution is 5.69. The maximum absolute atomic E-state index is 10.8. The first kappa shape index (κ1) is 14.7. The third-order valence-electron chi connectivity index (χ3n) is 3.69. The molecule has 0 spiro atoms. The summed E-state index contributed by atoms with van der Waals surface area (Å²) in [6.45, 7) is 6.79. The molecule has 1 heterocycles. The fourth-order valence-corrected chi connectivity index (χ4v) is 2.65. The Labute approximate surface area is 119 Å². The van der Waals surface area contributed by atoms with Crippen LogP contribution in [-0.2, 0) is 4.79 Å². The maximum atomic E-state index is 10.8.